The zero-order valence-electron chi connectivity index (χ0n) is 17.0. The van der Waals surface area contributed by atoms with Gasteiger partial charge in [0.05, 0.1) is 7.11 Å². The third-order valence-corrected chi connectivity index (χ3v) is 4.87. The van der Waals surface area contributed by atoms with E-state index < -0.39 is 0 Å². The Labute approximate surface area is 170 Å². The summed E-state index contributed by atoms with van der Waals surface area (Å²) < 4.78 is 7.43. The summed E-state index contributed by atoms with van der Waals surface area (Å²) in [4.78, 5) is 2.16. The number of methoxy groups -OCH3 is 1. The highest BCUT2D eigenvalue weighted by Gasteiger charge is 2.11. The maximum absolute atomic E-state index is 5.44. The second kappa shape index (κ2) is 8.32. The fraction of sp³-hybridized carbons (Fsp3) is 0.217. The van der Waals surface area contributed by atoms with Gasteiger partial charge in [0, 0.05) is 24.2 Å². The van der Waals surface area contributed by atoms with Crippen LogP contribution in [0.5, 0.6) is 5.75 Å². The SMILES string of the molecule is COc1ccccc1CNc1ccc(-c2ccc(CN(C)C)cc2)c2nncn12. The molecule has 0 aliphatic carbocycles. The van der Waals surface area contributed by atoms with Crippen molar-refractivity contribution in [3.8, 4) is 16.9 Å². The molecule has 29 heavy (non-hydrogen) atoms. The van der Waals surface area contributed by atoms with Crippen LogP contribution in [0.2, 0.25) is 0 Å². The number of fused-ring (bicyclic) bond motifs is 1. The Balaban J connectivity index is 1.60. The molecular weight excluding hydrogens is 362 g/mol. The van der Waals surface area contributed by atoms with Crippen LogP contribution in [0.15, 0.2) is 67.0 Å². The van der Waals surface area contributed by atoms with Gasteiger partial charge in [0.1, 0.15) is 17.9 Å². The van der Waals surface area contributed by atoms with E-state index in [2.05, 4.69) is 77.0 Å². The predicted octanol–water partition coefficient (Wildman–Crippen LogP) is 4.08. The van der Waals surface area contributed by atoms with Gasteiger partial charge in [0.2, 0.25) is 0 Å². The van der Waals surface area contributed by atoms with Crippen molar-refractivity contribution in [2.75, 3.05) is 26.5 Å². The van der Waals surface area contributed by atoms with E-state index >= 15 is 0 Å². The van der Waals surface area contributed by atoms with Gasteiger partial charge in [-0.2, -0.15) is 0 Å². The lowest BCUT2D eigenvalue weighted by atomic mass is 10.0. The molecule has 0 saturated heterocycles. The van der Waals surface area contributed by atoms with E-state index in [-0.39, 0.29) is 0 Å². The molecule has 0 saturated carbocycles. The van der Waals surface area contributed by atoms with Gasteiger partial charge in [0.25, 0.3) is 0 Å². The number of hydrogen-bond acceptors (Lipinski definition) is 5. The number of pyridine rings is 1. The molecule has 0 aliphatic rings. The number of nitrogens with one attached hydrogen (secondary N) is 1. The maximum atomic E-state index is 5.44. The molecule has 0 atom stereocenters. The van der Waals surface area contributed by atoms with Crippen LogP contribution in [0.4, 0.5) is 5.82 Å². The molecule has 2 aromatic carbocycles. The Morgan fingerprint density at radius 1 is 1.00 bits per heavy atom. The summed E-state index contributed by atoms with van der Waals surface area (Å²) in [7, 11) is 5.84. The van der Waals surface area contributed by atoms with Gasteiger partial charge in [0.15, 0.2) is 5.65 Å². The van der Waals surface area contributed by atoms with E-state index in [9.17, 15) is 0 Å². The largest absolute Gasteiger partial charge is 0.496 e. The number of anilines is 1. The average molecular weight is 387 g/mol. The predicted molar refractivity (Wildman–Crippen MR) is 116 cm³/mol. The standard InChI is InChI=1S/C23H25N5O/c1-27(2)15-17-8-10-18(11-9-17)20-12-13-22(28-16-25-26-23(20)28)24-14-19-6-4-5-7-21(19)29-3/h4-13,16,24H,14-15H2,1-3H3. The Morgan fingerprint density at radius 2 is 1.79 bits per heavy atom. The molecule has 1 N–H and O–H groups in total. The molecule has 2 aromatic heterocycles. The second-order valence-electron chi connectivity index (χ2n) is 7.26. The van der Waals surface area contributed by atoms with Crippen molar-refractivity contribution in [3.05, 3.63) is 78.1 Å². The van der Waals surface area contributed by atoms with Crippen molar-refractivity contribution in [2.45, 2.75) is 13.1 Å². The fourth-order valence-electron chi connectivity index (χ4n) is 3.47. The minimum absolute atomic E-state index is 0.649. The Kier molecular flexibility index (Phi) is 5.44. The second-order valence-corrected chi connectivity index (χ2v) is 7.26. The van der Waals surface area contributed by atoms with Crippen LogP contribution in [-0.4, -0.2) is 40.7 Å². The molecule has 4 aromatic rings. The number of ether oxygens (including phenoxy) is 1. The molecule has 0 amide bonds. The molecule has 0 aliphatic heterocycles. The normalized spacial score (nSPS) is 11.2. The number of benzene rings is 2. The first-order chi connectivity index (χ1) is 14.2. The fourth-order valence-corrected chi connectivity index (χ4v) is 3.47. The quantitative estimate of drug-likeness (QED) is 0.518. The topological polar surface area (TPSA) is 54.7 Å². The van der Waals surface area contributed by atoms with E-state index in [0.717, 1.165) is 40.4 Å². The van der Waals surface area contributed by atoms with E-state index in [1.165, 1.54) is 5.56 Å². The molecule has 0 fully saturated rings. The lowest BCUT2D eigenvalue weighted by Crippen LogP contribution is -2.10. The van der Waals surface area contributed by atoms with E-state index in [0.29, 0.717) is 6.54 Å². The van der Waals surface area contributed by atoms with Gasteiger partial charge >= 0.3 is 0 Å². The number of nitrogens with zero attached hydrogens (tertiary/aromatic N) is 4. The molecule has 0 radical (unpaired) electrons. The van der Waals surface area contributed by atoms with Gasteiger partial charge in [-0.15, -0.1) is 10.2 Å². The summed E-state index contributed by atoms with van der Waals surface area (Å²) in [6, 6.07) is 20.8. The van der Waals surface area contributed by atoms with Crippen molar-refractivity contribution in [1.29, 1.82) is 0 Å². The summed E-state index contributed by atoms with van der Waals surface area (Å²) in [6.45, 7) is 1.57. The maximum Gasteiger partial charge on any atom is 0.170 e. The molecule has 4 rings (SSSR count). The number of hydrogen-bond donors (Lipinski definition) is 1. The van der Waals surface area contributed by atoms with Crippen LogP contribution in [0.1, 0.15) is 11.1 Å². The van der Waals surface area contributed by atoms with Gasteiger partial charge in [-0.3, -0.25) is 4.40 Å². The monoisotopic (exact) mass is 387 g/mol. The summed E-state index contributed by atoms with van der Waals surface area (Å²) in [6.07, 6.45) is 1.74. The first-order valence-corrected chi connectivity index (χ1v) is 9.58. The minimum Gasteiger partial charge on any atom is -0.496 e. The average Bonchev–Trinajstić information content (AvgIpc) is 3.23. The van der Waals surface area contributed by atoms with Crippen LogP contribution in [0.3, 0.4) is 0 Å². The highest BCUT2D eigenvalue weighted by molar-refractivity contribution is 5.79. The van der Waals surface area contributed by atoms with Crippen LogP contribution < -0.4 is 10.1 Å². The third kappa shape index (κ3) is 4.07. The number of para-hydroxylation sites is 1. The highest BCUT2D eigenvalue weighted by atomic mass is 16.5. The third-order valence-electron chi connectivity index (χ3n) is 4.87. The molecular formula is C23H25N5O. The molecule has 0 bridgehead atoms. The van der Waals surface area contributed by atoms with Crippen molar-refractivity contribution in [1.82, 2.24) is 19.5 Å². The number of aromatic nitrogens is 3. The van der Waals surface area contributed by atoms with Crippen LogP contribution in [-0.2, 0) is 13.1 Å². The van der Waals surface area contributed by atoms with Gasteiger partial charge in [-0.25, -0.2) is 0 Å². The molecule has 6 heteroatoms. The van der Waals surface area contributed by atoms with Crippen molar-refractivity contribution < 1.29 is 4.74 Å². The van der Waals surface area contributed by atoms with Gasteiger partial charge < -0.3 is 15.0 Å². The van der Waals surface area contributed by atoms with Crippen LogP contribution in [0, 0.1) is 0 Å². The van der Waals surface area contributed by atoms with Gasteiger partial charge in [-0.1, -0.05) is 42.5 Å². The lowest BCUT2D eigenvalue weighted by Gasteiger charge is -2.13. The molecule has 2 heterocycles. The van der Waals surface area contributed by atoms with Gasteiger partial charge in [-0.05, 0) is 43.4 Å². The summed E-state index contributed by atoms with van der Waals surface area (Å²) in [5, 5.41) is 12.0. The smallest absolute Gasteiger partial charge is 0.170 e. The summed E-state index contributed by atoms with van der Waals surface area (Å²) in [5.41, 5.74) is 5.39. The minimum atomic E-state index is 0.649. The Hall–Kier alpha value is -3.38. The van der Waals surface area contributed by atoms with Crippen molar-refractivity contribution >= 4 is 11.5 Å². The first-order valence-electron chi connectivity index (χ1n) is 9.58. The molecule has 0 unspecified atom stereocenters. The Morgan fingerprint density at radius 3 is 2.55 bits per heavy atom. The highest BCUT2D eigenvalue weighted by Crippen LogP contribution is 2.27. The molecule has 148 valence electrons. The van der Waals surface area contributed by atoms with Crippen molar-refractivity contribution in [2.24, 2.45) is 0 Å². The number of rotatable bonds is 7. The van der Waals surface area contributed by atoms with E-state index in [4.69, 9.17) is 4.74 Å². The molecule has 6 nitrogen and oxygen atoms in total. The zero-order valence-corrected chi connectivity index (χ0v) is 17.0. The molecule has 0 spiro atoms. The zero-order chi connectivity index (χ0) is 20.2. The Bertz CT molecular complexity index is 1100. The summed E-state index contributed by atoms with van der Waals surface area (Å²) >= 11 is 0. The van der Waals surface area contributed by atoms with Crippen LogP contribution in [0.25, 0.3) is 16.8 Å². The van der Waals surface area contributed by atoms with E-state index in [1.807, 2.05) is 22.6 Å². The van der Waals surface area contributed by atoms with Crippen LogP contribution >= 0.6 is 0 Å². The summed E-state index contributed by atoms with van der Waals surface area (Å²) in [5.74, 6) is 1.80. The van der Waals surface area contributed by atoms with Crippen molar-refractivity contribution in [3.63, 3.8) is 0 Å². The first kappa shape index (κ1) is 19.0. The van der Waals surface area contributed by atoms with E-state index in [1.54, 1.807) is 13.4 Å². The lowest BCUT2D eigenvalue weighted by molar-refractivity contribution is 0.402.